The molecular formula is C15H12Cl2F2O. The van der Waals surface area contributed by atoms with Gasteiger partial charge < -0.3 is 4.74 Å². The summed E-state index contributed by atoms with van der Waals surface area (Å²) < 4.78 is 32.6. The lowest BCUT2D eigenvalue weighted by atomic mass is 10.0. The molecule has 0 amide bonds. The van der Waals surface area contributed by atoms with Crippen LogP contribution in [0.5, 0.6) is 5.75 Å². The molecule has 0 saturated carbocycles. The Kier molecular flexibility index (Phi) is 4.84. The van der Waals surface area contributed by atoms with E-state index in [1.165, 1.54) is 7.11 Å². The van der Waals surface area contributed by atoms with Crippen molar-refractivity contribution in [3.8, 4) is 5.75 Å². The lowest BCUT2D eigenvalue weighted by Gasteiger charge is -2.13. The summed E-state index contributed by atoms with van der Waals surface area (Å²) in [4.78, 5) is 0. The summed E-state index contributed by atoms with van der Waals surface area (Å²) in [5, 5.41) is -0.205. The Morgan fingerprint density at radius 3 is 2.15 bits per heavy atom. The van der Waals surface area contributed by atoms with Crippen molar-refractivity contribution < 1.29 is 13.5 Å². The second-order valence-electron chi connectivity index (χ2n) is 4.30. The average molecular weight is 317 g/mol. The number of benzene rings is 2. The van der Waals surface area contributed by atoms with E-state index in [9.17, 15) is 8.78 Å². The molecule has 1 atom stereocenters. The number of methoxy groups -OCH3 is 1. The Labute approximate surface area is 126 Å². The predicted molar refractivity (Wildman–Crippen MR) is 76.7 cm³/mol. The standard InChI is InChI=1S/C15H12Cl2F2O/c1-20-11-7-13(18)15(14(19)8-11)12(17)6-9-2-4-10(16)5-3-9/h2-5,7-8,12H,6H2,1H3. The number of ether oxygens (including phenoxy) is 1. The van der Waals surface area contributed by atoms with Crippen molar-refractivity contribution in [3.63, 3.8) is 0 Å². The van der Waals surface area contributed by atoms with Gasteiger partial charge in [0.25, 0.3) is 0 Å². The van der Waals surface area contributed by atoms with Crippen LogP contribution < -0.4 is 4.74 Å². The van der Waals surface area contributed by atoms with Crippen LogP contribution >= 0.6 is 23.2 Å². The van der Waals surface area contributed by atoms with Crippen LogP contribution in [0, 0.1) is 11.6 Å². The van der Waals surface area contributed by atoms with Crippen LogP contribution in [0.2, 0.25) is 5.02 Å². The maximum atomic E-state index is 13.9. The molecule has 0 saturated heterocycles. The predicted octanol–water partition coefficient (Wildman–Crippen LogP) is 5.15. The Balaban J connectivity index is 2.25. The third-order valence-electron chi connectivity index (χ3n) is 2.93. The molecule has 0 bridgehead atoms. The first kappa shape index (κ1) is 15.1. The lowest BCUT2D eigenvalue weighted by molar-refractivity contribution is 0.405. The van der Waals surface area contributed by atoms with E-state index in [0.717, 1.165) is 17.7 Å². The molecule has 0 N–H and O–H groups in total. The van der Waals surface area contributed by atoms with Gasteiger partial charge in [0.1, 0.15) is 17.4 Å². The molecule has 0 spiro atoms. The minimum absolute atomic E-state index is 0.124. The lowest BCUT2D eigenvalue weighted by Crippen LogP contribution is -2.03. The molecule has 0 aromatic heterocycles. The third kappa shape index (κ3) is 3.41. The highest BCUT2D eigenvalue weighted by Crippen LogP contribution is 2.32. The molecular weight excluding hydrogens is 305 g/mol. The molecule has 0 radical (unpaired) electrons. The Bertz CT molecular complexity index is 576. The molecule has 0 aliphatic carbocycles. The quantitative estimate of drug-likeness (QED) is 0.709. The fourth-order valence-electron chi connectivity index (χ4n) is 1.91. The van der Waals surface area contributed by atoms with Crippen LogP contribution in [0.3, 0.4) is 0 Å². The van der Waals surface area contributed by atoms with Gasteiger partial charge in [0.15, 0.2) is 0 Å². The summed E-state index contributed by atoms with van der Waals surface area (Å²) >= 11 is 11.9. The second-order valence-corrected chi connectivity index (χ2v) is 5.27. The van der Waals surface area contributed by atoms with Crippen LogP contribution in [0.15, 0.2) is 36.4 Å². The molecule has 5 heteroatoms. The summed E-state index contributed by atoms with van der Waals surface area (Å²) in [6.07, 6.45) is 0.304. The largest absolute Gasteiger partial charge is 0.497 e. The van der Waals surface area contributed by atoms with Crippen molar-refractivity contribution in [1.82, 2.24) is 0 Å². The fourth-order valence-corrected chi connectivity index (χ4v) is 2.42. The molecule has 0 fully saturated rings. The van der Waals surface area contributed by atoms with Crippen molar-refractivity contribution in [2.24, 2.45) is 0 Å². The fraction of sp³-hybridized carbons (Fsp3) is 0.200. The van der Waals surface area contributed by atoms with Crippen LogP contribution in [0.1, 0.15) is 16.5 Å². The molecule has 20 heavy (non-hydrogen) atoms. The van der Waals surface area contributed by atoms with Crippen molar-refractivity contribution in [3.05, 3.63) is 64.2 Å². The summed E-state index contributed by atoms with van der Waals surface area (Å²) in [5.74, 6) is -1.30. The second kappa shape index (κ2) is 6.42. The van der Waals surface area contributed by atoms with E-state index in [2.05, 4.69) is 0 Å². The first-order valence-electron chi connectivity index (χ1n) is 5.92. The van der Waals surface area contributed by atoms with Crippen LogP contribution in [0.4, 0.5) is 8.78 Å². The highest BCUT2D eigenvalue weighted by Gasteiger charge is 2.20. The van der Waals surface area contributed by atoms with E-state index in [1.54, 1.807) is 24.3 Å². The van der Waals surface area contributed by atoms with E-state index in [0.29, 0.717) is 11.4 Å². The first-order chi connectivity index (χ1) is 9.51. The maximum absolute atomic E-state index is 13.9. The molecule has 1 unspecified atom stereocenters. The minimum Gasteiger partial charge on any atom is -0.497 e. The van der Waals surface area contributed by atoms with E-state index in [4.69, 9.17) is 27.9 Å². The van der Waals surface area contributed by atoms with Crippen molar-refractivity contribution in [1.29, 1.82) is 0 Å². The van der Waals surface area contributed by atoms with Crippen LogP contribution in [0.25, 0.3) is 0 Å². The zero-order valence-corrected chi connectivity index (χ0v) is 12.2. The highest BCUT2D eigenvalue weighted by molar-refractivity contribution is 6.30. The van der Waals surface area contributed by atoms with E-state index in [1.807, 2.05) is 0 Å². The Morgan fingerprint density at radius 2 is 1.65 bits per heavy atom. The molecule has 0 heterocycles. The van der Waals surface area contributed by atoms with Gasteiger partial charge in [0.2, 0.25) is 0 Å². The van der Waals surface area contributed by atoms with Gasteiger partial charge in [-0.15, -0.1) is 11.6 Å². The zero-order chi connectivity index (χ0) is 14.7. The molecule has 0 aliphatic rings. The summed E-state index contributed by atoms with van der Waals surface area (Å²) in [7, 11) is 1.35. The van der Waals surface area contributed by atoms with Gasteiger partial charge >= 0.3 is 0 Å². The summed E-state index contributed by atoms with van der Waals surface area (Å²) in [5.41, 5.74) is 0.700. The Morgan fingerprint density at radius 1 is 1.10 bits per heavy atom. The molecule has 2 rings (SSSR count). The molecule has 2 aromatic carbocycles. The van der Waals surface area contributed by atoms with Gasteiger partial charge in [0.05, 0.1) is 12.5 Å². The number of alkyl halides is 1. The Hall–Kier alpha value is -1.32. The maximum Gasteiger partial charge on any atom is 0.134 e. The number of hydrogen-bond donors (Lipinski definition) is 0. The molecule has 2 aromatic rings. The monoisotopic (exact) mass is 316 g/mol. The van der Waals surface area contributed by atoms with Crippen LogP contribution in [-0.4, -0.2) is 7.11 Å². The topological polar surface area (TPSA) is 9.23 Å². The van der Waals surface area contributed by atoms with E-state index < -0.39 is 17.0 Å². The van der Waals surface area contributed by atoms with E-state index in [-0.39, 0.29) is 11.3 Å². The van der Waals surface area contributed by atoms with Crippen molar-refractivity contribution in [2.45, 2.75) is 11.8 Å². The van der Waals surface area contributed by atoms with Crippen molar-refractivity contribution in [2.75, 3.05) is 7.11 Å². The third-order valence-corrected chi connectivity index (χ3v) is 3.55. The molecule has 1 nitrogen and oxygen atoms in total. The minimum atomic E-state index is -0.804. The van der Waals surface area contributed by atoms with Gasteiger partial charge in [-0.3, -0.25) is 0 Å². The number of halogens is 4. The van der Waals surface area contributed by atoms with Crippen molar-refractivity contribution >= 4 is 23.2 Å². The van der Waals surface area contributed by atoms with Gasteiger partial charge in [-0.1, -0.05) is 23.7 Å². The van der Waals surface area contributed by atoms with Crippen LogP contribution in [-0.2, 0) is 6.42 Å². The molecule has 0 aliphatic heterocycles. The highest BCUT2D eigenvalue weighted by atomic mass is 35.5. The summed E-state index contributed by atoms with van der Waals surface area (Å²) in [6.45, 7) is 0. The normalized spacial score (nSPS) is 12.2. The number of rotatable bonds is 4. The van der Waals surface area contributed by atoms with E-state index >= 15 is 0 Å². The van der Waals surface area contributed by atoms with Gasteiger partial charge in [-0.05, 0) is 24.1 Å². The SMILES string of the molecule is COc1cc(F)c(C(Cl)Cc2ccc(Cl)cc2)c(F)c1. The number of hydrogen-bond acceptors (Lipinski definition) is 1. The zero-order valence-electron chi connectivity index (χ0n) is 10.7. The molecule has 106 valence electrons. The smallest absolute Gasteiger partial charge is 0.134 e. The van der Waals surface area contributed by atoms with Gasteiger partial charge in [0, 0.05) is 22.7 Å². The van der Waals surface area contributed by atoms with Gasteiger partial charge in [-0.25, -0.2) is 8.78 Å². The van der Waals surface area contributed by atoms with Gasteiger partial charge in [-0.2, -0.15) is 0 Å². The average Bonchev–Trinajstić information content (AvgIpc) is 2.40. The first-order valence-corrected chi connectivity index (χ1v) is 6.74. The summed E-state index contributed by atoms with van der Waals surface area (Å²) in [6, 6.07) is 9.21.